The van der Waals surface area contributed by atoms with Crippen molar-refractivity contribution in [1.29, 1.82) is 0 Å². The molecule has 0 spiro atoms. The number of piperazine rings is 1. The number of nitrogens with one attached hydrogen (secondary N) is 1. The van der Waals surface area contributed by atoms with Crippen LogP contribution in [0, 0.1) is 0 Å². The normalized spacial score (nSPS) is 23.6. The van der Waals surface area contributed by atoms with E-state index in [0.29, 0.717) is 12.1 Å². The van der Waals surface area contributed by atoms with E-state index < -0.39 is 0 Å². The van der Waals surface area contributed by atoms with Gasteiger partial charge in [-0.1, -0.05) is 60.7 Å². The molecule has 1 aliphatic heterocycles. The summed E-state index contributed by atoms with van der Waals surface area (Å²) in [5, 5.41) is 3.71. The van der Waals surface area contributed by atoms with Crippen LogP contribution in [-0.4, -0.2) is 24.0 Å². The summed E-state index contributed by atoms with van der Waals surface area (Å²) >= 11 is 0. The lowest BCUT2D eigenvalue weighted by Gasteiger charge is -2.38. The number of hydrogen-bond acceptors (Lipinski definition) is 2. The van der Waals surface area contributed by atoms with Crippen molar-refractivity contribution in [3.63, 3.8) is 0 Å². The molecule has 2 aromatic carbocycles. The Bertz CT molecular complexity index is 524. The highest BCUT2D eigenvalue weighted by Crippen LogP contribution is 2.20. The Kier molecular flexibility index (Phi) is 4.14. The van der Waals surface area contributed by atoms with Crippen molar-refractivity contribution in [2.24, 2.45) is 0 Å². The highest BCUT2D eigenvalue weighted by Gasteiger charge is 2.24. The van der Waals surface area contributed by atoms with Crippen LogP contribution < -0.4 is 5.32 Å². The Hall–Kier alpha value is -1.64. The van der Waals surface area contributed by atoms with Crippen LogP contribution >= 0.6 is 0 Å². The maximum Gasteiger partial charge on any atom is 0.0451 e. The van der Waals surface area contributed by atoms with Crippen molar-refractivity contribution in [1.82, 2.24) is 10.2 Å². The van der Waals surface area contributed by atoms with E-state index in [1.54, 1.807) is 0 Å². The van der Waals surface area contributed by atoms with Crippen LogP contribution in [0.4, 0.5) is 0 Å². The van der Waals surface area contributed by atoms with Gasteiger partial charge in [-0.2, -0.15) is 0 Å². The molecule has 0 radical (unpaired) electrons. The van der Waals surface area contributed by atoms with Gasteiger partial charge in [-0.15, -0.1) is 0 Å². The molecule has 2 nitrogen and oxygen atoms in total. The first-order chi connectivity index (χ1) is 9.81. The fourth-order valence-electron chi connectivity index (χ4n) is 3.03. The Balaban J connectivity index is 1.70. The molecule has 2 heteroatoms. The second-order valence-corrected chi connectivity index (χ2v) is 5.71. The van der Waals surface area contributed by atoms with E-state index in [4.69, 9.17) is 0 Å². The molecule has 1 N–H and O–H groups in total. The Morgan fingerprint density at radius 2 is 1.60 bits per heavy atom. The molecule has 0 aromatic heterocycles. The first kappa shape index (κ1) is 13.3. The molecule has 20 heavy (non-hydrogen) atoms. The quantitative estimate of drug-likeness (QED) is 0.917. The second kappa shape index (κ2) is 6.21. The van der Waals surface area contributed by atoms with Gasteiger partial charge < -0.3 is 5.32 Å². The molecule has 2 atom stereocenters. The van der Waals surface area contributed by atoms with Crippen LogP contribution in [0.25, 0.3) is 0 Å². The summed E-state index contributed by atoms with van der Waals surface area (Å²) in [6, 6.07) is 22.5. The lowest BCUT2D eigenvalue weighted by atomic mass is 10.0. The molecule has 1 aliphatic rings. The summed E-state index contributed by atoms with van der Waals surface area (Å²) < 4.78 is 0. The first-order valence-electron chi connectivity index (χ1n) is 7.38. The van der Waals surface area contributed by atoms with Gasteiger partial charge in [0.1, 0.15) is 0 Å². The molecule has 1 fully saturated rings. The van der Waals surface area contributed by atoms with Crippen molar-refractivity contribution in [2.75, 3.05) is 13.1 Å². The predicted molar refractivity (Wildman–Crippen MR) is 83.5 cm³/mol. The number of benzene rings is 2. The average molecular weight is 266 g/mol. The monoisotopic (exact) mass is 266 g/mol. The molecule has 3 rings (SSSR count). The molecule has 0 saturated carbocycles. The molecule has 0 unspecified atom stereocenters. The first-order valence-corrected chi connectivity index (χ1v) is 7.38. The molecule has 104 valence electrons. The molecule has 0 amide bonds. The van der Waals surface area contributed by atoms with E-state index in [1.807, 2.05) is 0 Å². The molecule has 1 heterocycles. The summed E-state index contributed by atoms with van der Waals surface area (Å²) in [5.41, 5.74) is 2.78. The molecule has 2 aromatic rings. The third-order valence-electron chi connectivity index (χ3n) is 3.91. The largest absolute Gasteiger partial charge is 0.305 e. The van der Waals surface area contributed by atoms with Gasteiger partial charge in [0.2, 0.25) is 0 Å². The summed E-state index contributed by atoms with van der Waals surface area (Å²) in [7, 11) is 0. The summed E-state index contributed by atoms with van der Waals surface area (Å²) in [6.45, 7) is 5.49. The van der Waals surface area contributed by atoms with E-state index in [2.05, 4.69) is 77.8 Å². The topological polar surface area (TPSA) is 15.3 Å². The maximum atomic E-state index is 3.71. The van der Waals surface area contributed by atoms with Gasteiger partial charge in [-0.05, 0) is 18.1 Å². The van der Waals surface area contributed by atoms with E-state index in [9.17, 15) is 0 Å². The van der Waals surface area contributed by atoms with Crippen molar-refractivity contribution in [3.05, 3.63) is 71.8 Å². The van der Waals surface area contributed by atoms with Crippen molar-refractivity contribution in [3.8, 4) is 0 Å². The smallest absolute Gasteiger partial charge is 0.0451 e. The molecular formula is C18H22N2. The standard InChI is InChI=1S/C18H22N2/c1-15-12-20(13-16-8-4-2-5-9-16)14-18(19-15)17-10-6-3-7-11-17/h2-11,15,18-19H,12-14H2,1H3/t15-,18-/m1/s1. The van der Waals surface area contributed by atoms with Gasteiger partial charge in [-0.25, -0.2) is 0 Å². The van der Waals surface area contributed by atoms with E-state index in [0.717, 1.165) is 19.6 Å². The van der Waals surface area contributed by atoms with Crippen LogP contribution in [0.3, 0.4) is 0 Å². The zero-order valence-electron chi connectivity index (χ0n) is 12.0. The summed E-state index contributed by atoms with van der Waals surface area (Å²) in [5.74, 6) is 0. The zero-order chi connectivity index (χ0) is 13.8. The molecular weight excluding hydrogens is 244 g/mol. The maximum absolute atomic E-state index is 3.71. The van der Waals surface area contributed by atoms with Crippen molar-refractivity contribution in [2.45, 2.75) is 25.6 Å². The van der Waals surface area contributed by atoms with E-state index in [-0.39, 0.29) is 0 Å². The third-order valence-corrected chi connectivity index (χ3v) is 3.91. The third kappa shape index (κ3) is 3.27. The highest BCUT2D eigenvalue weighted by molar-refractivity contribution is 5.21. The molecule has 0 aliphatic carbocycles. The van der Waals surface area contributed by atoms with Gasteiger partial charge in [0.05, 0.1) is 0 Å². The van der Waals surface area contributed by atoms with E-state index >= 15 is 0 Å². The zero-order valence-corrected chi connectivity index (χ0v) is 12.0. The fraction of sp³-hybridized carbons (Fsp3) is 0.333. The van der Waals surface area contributed by atoms with Crippen LogP contribution in [0.1, 0.15) is 24.1 Å². The van der Waals surface area contributed by atoms with Crippen LogP contribution in [0.5, 0.6) is 0 Å². The highest BCUT2D eigenvalue weighted by atomic mass is 15.2. The minimum Gasteiger partial charge on any atom is -0.305 e. The van der Waals surface area contributed by atoms with Crippen LogP contribution in [-0.2, 0) is 6.54 Å². The Morgan fingerprint density at radius 3 is 2.30 bits per heavy atom. The average Bonchev–Trinajstić information content (AvgIpc) is 2.49. The van der Waals surface area contributed by atoms with Crippen molar-refractivity contribution < 1.29 is 0 Å². The lowest BCUT2D eigenvalue weighted by Crippen LogP contribution is -2.50. The number of rotatable bonds is 3. The van der Waals surface area contributed by atoms with Crippen LogP contribution in [0.15, 0.2) is 60.7 Å². The van der Waals surface area contributed by atoms with Gasteiger partial charge in [0, 0.05) is 31.7 Å². The number of hydrogen-bond donors (Lipinski definition) is 1. The van der Waals surface area contributed by atoms with Crippen LogP contribution in [0.2, 0.25) is 0 Å². The fourth-order valence-corrected chi connectivity index (χ4v) is 3.03. The van der Waals surface area contributed by atoms with Gasteiger partial charge >= 0.3 is 0 Å². The predicted octanol–water partition coefficient (Wildman–Crippen LogP) is 3.22. The minimum atomic E-state index is 0.434. The minimum absolute atomic E-state index is 0.434. The second-order valence-electron chi connectivity index (χ2n) is 5.71. The molecule has 1 saturated heterocycles. The summed E-state index contributed by atoms with van der Waals surface area (Å²) in [4.78, 5) is 2.55. The van der Waals surface area contributed by atoms with Gasteiger partial charge in [0.15, 0.2) is 0 Å². The Morgan fingerprint density at radius 1 is 0.950 bits per heavy atom. The lowest BCUT2D eigenvalue weighted by molar-refractivity contribution is 0.160. The van der Waals surface area contributed by atoms with Gasteiger partial charge in [-0.3, -0.25) is 4.90 Å². The number of nitrogens with zero attached hydrogens (tertiary/aromatic N) is 1. The van der Waals surface area contributed by atoms with Crippen molar-refractivity contribution >= 4 is 0 Å². The van der Waals surface area contributed by atoms with E-state index in [1.165, 1.54) is 11.1 Å². The SMILES string of the molecule is C[C@@H]1CN(Cc2ccccc2)C[C@H](c2ccccc2)N1. The Labute approximate surface area is 121 Å². The van der Waals surface area contributed by atoms with Gasteiger partial charge in [0.25, 0.3) is 0 Å². The summed E-state index contributed by atoms with van der Waals surface area (Å²) in [6.07, 6.45) is 0. The molecule has 0 bridgehead atoms.